The molecule has 0 aliphatic rings. The number of hydrogen-bond donors (Lipinski definition) is 2. The van der Waals surface area contributed by atoms with Gasteiger partial charge < -0.3 is 15.4 Å². The van der Waals surface area contributed by atoms with E-state index in [0.29, 0.717) is 16.4 Å². The maximum atomic E-state index is 11.9. The van der Waals surface area contributed by atoms with Gasteiger partial charge in [0.05, 0.1) is 6.42 Å². The van der Waals surface area contributed by atoms with E-state index in [2.05, 4.69) is 10.6 Å². The first kappa shape index (κ1) is 20.5. The number of esters is 1. The van der Waals surface area contributed by atoms with Gasteiger partial charge in [-0.25, -0.2) is 0 Å². The summed E-state index contributed by atoms with van der Waals surface area (Å²) in [5.74, 6) is -1.39. The molecule has 142 valence electrons. The molecule has 0 radical (unpaired) electrons. The molecule has 2 aromatic rings. The molecular weight excluding hydrogens is 368 g/mol. The second kappa shape index (κ2) is 9.73. The zero-order valence-corrected chi connectivity index (χ0v) is 15.9. The summed E-state index contributed by atoms with van der Waals surface area (Å²) in [5.41, 5.74) is 3.24. The maximum Gasteiger partial charge on any atom is 0.306 e. The molecule has 0 heterocycles. The van der Waals surface area contributed by atoms with Gasteiger partial charge in [-0.05, 0) is 55.3 Å². The number of ether oxygens (including phenoxy) is 1. The number of carbonyl (C=O) groups excluding carboxylic acids is 3. The summed E-state index contributed by atoms with van der Waals surface area (Å²) in [7, 11) is 0. The lowest BCUT2D eigenvalue weighted by atomic mass is 10.1. The summed E-state index contributed by atoms with van der Waals surface area (Å²) in [5, 5.41) is 5.81. The lowest BCUT2D eigenvalue weighted by molar-refractivity contribution is -0.147. The van der Waals surface area contributed by atoms with Gasteiger partial charge in [0, 0.05) is 22.8 Å². The standard InChI is InChI=1S/C20H21ClN2O4/c1-13-8-14(2)10-17(9-13)23-19(25)12-27-20(26)7-6-18(24)22-16-5-3-4-15(21)11-16/h3-5,8-11H,6-7,12H2,1-2H3,(H,22,24)(H,23,25). The third-order valence-corrected chi connectivity index (χ3v) is 3.77. The van der Waals surface area contributed by atoms with Crippen LogP contribution in [0.15, 0.2) is 42.5 Å². The van der Waals surface area contributed by atoms with E-state index < -0.39 is 18.5 Å². The highest BCUT2D eigenvalue weighted by Crippen LogP contribution is 2.15. The Morgan fingerprint density at radius 3 is 2.22 bits per heavy atom. The predicted octanol–water partition coefficient (Wildman–Crippen LogP) is 3.86. The number of aryl methyl sites for hydroxylation is 2. The minimum absolute atomic E-state index is 0.0515. The van der Waals surface area contributed by atoms with Crippen molar-refractivity contribution in [2.24, 2.45) is 0 Å². The molecule has 0 aliphatic carbocycles. The first-order valence-electron chi connectivity index (χ1n) is 8.41. The Kier molecular flexibility index (Phi) is 7.37. The minimum Gasteiger partial charge on any atom is -0.456 e. The fourth-order valence-electron chi connectivity index (χ4n) is 2.47. The first-order valence-corrected chi connectivity index (χ1v) is 8.79. The molecule has 0 saturated heterocycles. The summed E-state index contributed by atoms with van der Waals surface area (Å²) in [6, 6.07) is 12.3. The third kappa shape index (κ3) is 7.50. The van der Waals surface area contributed by atoms with E-state index in [0.717, 1.165) is 11.1 Å². The Morgan fingerprint density at radius 1 is 0.889 bits per heavy atom. The van der Waals surface area contributed by atoms with Gasteiger partial charge in [-0.1, -0.05) is 23.7 Å². The van der Waals surface area contributed by atoms with Crippen molar-refractivity contribution in [1.82, 2.24) is 0 Å². The van der Waals surface area contributed by atoms with Gasteiger partial charge in [0.1, 0.15) is 0 Å². The van der Waals surface area contributed by atoms with Gasteiger partial charge in [0.25, 0.3) is 5.91 Å². The van der Waals surface area contributed by atoms with Crippen LogP contribution in [-0.2, 0) is 19.1 Å². The van der Waals surface area contributed by atoms with Crippen LogP contribution >= 0.6 is 11.6 Å². The largest absolute Gasteiger partial charge is 0.456 e. The average Bonchev–Trinajstić information content (AvgIpc) is 2.57. The fourth-order valence-corrected chi connectivity index (χ4v) is 2.66. The Bertz CT molecular complexity index is 831. The number of halogens is 1. The Labute approximate surface area is 162 Å². The first-order chi connectivity index (χ1) is 12.8. The van der Waals surface area contributed by atoms with Crippen molar-refractivity contribution in [2.45, 2.75) is 26.7 Å². The van der Waals surface area contributed by atoms with Gasteiger partial charge in [-0.15, -0.1) is 0 Å². The minimum atomic E-state index is -0.619. The van der Waals surface area contributed by atoms with E-state index in [1.165, 1.54) is 0 Å². The summed E-state index contributed by atoms with van der Waals surface area (Å²) in [4.78, 5) is 35.4. The Balaban J connectivity index is 1.70. The molecule has 0 aromatic heterocycles. The summed E-state index contributed by atoms with van der Waals surface area (Å²) in [6.45, 7) is 3.45. The molecule has 0 aliphatic heterocycles. The van der Waals surface area contributed by atoms with Crippen LogP contribution in [-0.4, -0.2) is 24.4 Å². The van der Waals surface area contributed by atoms with Crippen LogP contribution in [0.5, 0.6) is 0 Å². The number of amides is 2. The van der Waals surface area contributed by atoms with Gasteiger partial charge in [0.15, 0.2) is 6.61 Å². The number of benzene rings is 2. The zero-order valence-electron chi connectivity index (χ0n) is 15.2. The van der Waals surface area contributed by atoms with Gasteiger partial charge >= 0.3 is 5.97 Å². The Hall–Kier alpha value is -2.86. The van der Waals surface area contributed by atoms with E-state index in [1.54, 1.807) is 24.3 Å². The molecule has 0 atom stereocenters. The van der Waals surface area contributed by atoms with Crippen molar-refractivity contribution in [3.8, 4) is 0 Å². The van der Waals surface area contributed by atoms with Crippen molar-refractivity contribution in [3.63, 3.8) is 0 Å². The lowest BCUT2D eigenvalue weighted by Gasteiger charge is -2.09. The van der Waals surface area contributed by atoms with Gasteiger partial charge in [-0.2, -0.15) is 0 Å². The third-order valence-electron chi connectivity index (χ3n) is 3.53. The van der Waals surface area contributed by atoms with Crippen LogP contribution in [0.3, 0.4) is 0 Å². The van der Waals surface area contributed by atoms with Crippen LogP contribution in [0.2, 0.25) is 5.02 Å². The molecule has 2 N–H and O–H groups in total. The van der Waals surface area contributed by atoms with Crippen LogP contribution in [0.4, 0.5) is 11.4 Å². The monoisotopic (exact) mass is 388 g/mol. The molecule has 2 rings (SSSR count). The van der Waals surface area contributed by atoms with Crippen molar-refractivity contribution in [2.75, 3.05) is 17.2 Å². The normalized spacial score (nSPS) is 10.2. The number of hydrogen-bond acceptors (Lipinski definition) is 4. The number of anilines is 2. The lowest BCUT2D eigenvalue weighted by Crippen LogP contribution is -2.21. The van der Waals surface area contributed by atoms with Crippen molar-refractivity contribution in [1.29, 1.82) is 0 Å². The molecule has 0 saturated carbocycles. The molecule has 27 heavy (non-hydrogen) atoms. The van der Waals surface area contributed by atoms with Crippen molar-refractivity contribution < 1.29 is 19.1 Å². The molecule has 0 bridgehead atoms. The number of nitrogens with one attached hydrogen (secondary N) is 2. The molecular formula is C20H21ClN2O4. The quantitative estimate of drug-likeness (QED) is 0.705. The van der Waals surface area contributed by atoms with Crippen LogP contribution in [0.1, 0.15) is 24.0 Å². The number of carbonyl (C=O) groups is 3. The highest BCUT2D eigenvalue weighted by Gasteiger charge is 2.11. The van der Waals surface area contributed by atoms with Crippen LogP contribution in [0, 0.1) is 13.8 Å². The molecule has 6 nitrogen and oxygen atoms in total. The molecule has 7 heteroatoms. The van der Waals surface area contributed by atoms with E-state index >= 15 is 0 Å². The molecule has 2 aromatic carbocycles. The van der Waals surface area contributed by atoms with Crippen molar-refractivity contribution in [3.05, 3.63) is 58.6 Å². The second-order valence-electron chi connectivity index (χ2n) is 6.14. The number of rotatable bonds is 7. The molecule has 2 amide bonds. The molecule has 0 unspecified atom stereocenters. The highest BCUT2D eigenvalue weighted by molar-refractivity contribution is 6.30. The van der Waals surface area contributed by atoms with Gasteiger partial charge in [0.2, 0.25) is 5.91 Å². The molecule has 0 fully saturated rings. The van der Waals surface area contributed by atoms with Crippen molar-refractivity contribution >= 4 is 40.8 Å². The second-order valence-corrected chi connectivity index (χ2v) is 6.58. The SMILES string of the molecule is Cc1cc(C)cc(NC(=O)COC(=O)CCC(=O)Nc2cccc(Cl)c2)c1. The average molecular weight is 389 g/mol. The maximum absolute atomic E-state index is 11.9. The Morgan fingerprint density at radius 2 is 1.56 bits per heavy atom. The van der Waals surface area contributed by atoms with E-state index in [4.69, 9.17) is 16.3 Å². The topological polar surface area (TPSA) is 84.5 Å². The zero-order chi connectivity index (χ0) is 19.8. The smallest absolute Gasteiger partial charge is 0.306 e. The van der Waals surface area contributed by atoms with Crippen LogP contribution < -0.4 is 10.6 Å². The molecule has 0 spiro atoms. The summed E-state index contributed by atoms with van der Waals surface area (Å²) < 4.78 is 4.90. The van der Waals surface area contributed by atoms with E-state index in [9.17, 15) is 14.4 Å². The van der Waals surface area contributed by atoms with E-state index in [1.807, 2.05) is 32.0 Å². The summed E-state index contributed by atoms with van der Waals surface area (Å²) >= 11 is 5.84. The highest BCUT2D eigenvalue weighted by atomic mass is 35.5. The summed E-state index contributed by atoms with van der Waals surface area (Å²) in [6.07, 6.45) is -0.173. The van der Waals surface area contributed by atoms with Gasteiger partial charge in [-0.3, -0.25) is 14.4 Å². The fraction of sp³-hybridized carbons (Fsp3) is 0.250. The van der Waals surface area contributed by atoms with E-state index in [-0.39, 0.29) is 18.7 Å². The predicted molar refractivity (Wildman–Crippen MR) is 105 cm³/mol. The van der Waals surface area contributed by atoms with Crippen LogP contribution in [0.25, 0.3) is 0 Å².